The molecule has 0 saturated carbocycles. The van der Waals surface area contributed by atoms with Crippen LogP contribution < -0.4 is 15.4 Å². The van der Waals surface area contributed by atoms with Crippen LogP contribution in [0.2, 0.25) is 5.02 Å². The van der Waals surface area contributed by atoms with Gasteiger partial charge in [-0.05, 0) is 31.2 Å². The SMILES string of the molecule is CCCNCCNC(=O)Cc1cc(Cl)ccc1OC.Cl. The van der Waals surface area contributed by atoms with Crippen molar-refractivity contribution in [3.63, 3.8) is 0 Å². The average molecular weight is 321 g/mol. The number of hydrogen-bond acceptors (Lipinski definition) is 3. The fraction of sp³-hybridized carbons (Fsp3) is 0.500. The van der Waals surface area contributed by atoms with Crippen LogP contribution >= 0.6 is 24.0 Å². The molecule has 0 aliphatic carbocycles. The second kappa shape index (κ2) is 10.8. The highest BCUT2D eigenvalue weighted by molar-refractivity contribution is 6.30. The highest BCUT2D eigenvalue weighted by Gasteiger charge is 2.08. The van der Waals surface area contributed by atoms with Crippen molar-refractivity contribution in [3.8, 4) is 5.75 Å². The molecule has 0 fully saturated rings. The van der Waals surface area contributed by atoms with E-state index in [1.54, 1.807) is 25.3 Å². The van der Waals surface area contributed by atoms with Crippen LogP contribution in [0.4, 0.5) is 0 Å². The maximum atomic E-state index is 11.8. The first-order valence-corrected chi connectivity index (χ1v) is 6.85. The van der Waals surface area contributed by atoms with Crippen LogP contribution in [0.15, 0.2) is 18.2 Å². The highest BCUT2D eigenvalue weighted by atomic mass is 35.5. The Morgan fingerprint density at radius 3 is 2.70 bits per heavy atom. The van der Waals surface area contributed by atoms with E-state index in [1.165, 1.54) is 0 Å². The minimum absolute atomic E-state index is 0. The number of hydrogen-bond donors (Lipinski definition) is 2. The Hall–Kier alpha value is -0.970. The lowest BCUT2D eigenvalue weighted by Gasteiger charge is -2.10. The summed E-state index contributed by atoms with van der Waals surface area (Å²) in [5, 5.41) is 6.69. The van der Waals surface area contributed by atoms with Crippen LogP contribution in [0, 0.1) is 0 Å². The summed E-state index contributed by atoms with van der Waals surface area (Å²) in [6, 6.07) is 5.28. The lowest BCUT2D eigenvalue weighted by molar-refractivity contribution is -0.120. The van der Waals surface area contributed by atoms with E-state index in [-0.39, 0.29) is 24.7 Å². The number of carbonyl (C=O) groups excluding carboxylic acids is 1. The molecule has 0 bridgehead atoms. The van der Waals surface area contributed by atoms with Crippen molar-refractivity contribution < 1.29 is 9.53 Å². The third kappa shape index (κ3) is 6.98. The largest absolute Gasteiger partial charge is 0.496 e. The molecule has 0 radical (unpaired) electrons. The molecule has 114 valence electrons. The van der Waals surface area contributed by atoms with Gasteiger partial charge in [-0.1, -0.05) is 18.5 Å². The van der Waals surface area contributed by atoms with Crippen molar-refractivity contribution in [2.24, 2.45) is 0 Å². The summed E-state index contributed by atoms with van der Waals surface area (Å²) in [4.78, 5) is 11.8. The number of nitrogens with one attached hydrogen (secondary N) is 2. The predicted octanol–water partition coefficient (Wildman–Crippen LogP) is 2.43. The molecule has 20 heavy (non-hydrogen) atoms. The summed E-state index contributed by atoms with van der Waals surface area (Å²) < 4.78 is 5.21. The van der Waals surface area contributed by atoms with E-state index >= 15 is 0 Å². The van der Waals surface area contributed by atoms with Gasteiger partial charge in [0.05, 0.1) is 13.5 Å². The zero-order valence-corrected chi connectivity index (χ0v) is 13.4. The topological polar surface area (TPSA) is 50.4 Å². The van der Waals surface area contributed by atoms with Crippen molar-refractivity contribution in [3.05, 3.63) is 28.8 Å². The Labute approximate surface area is 131 Å². The molecule has 1 aromatic carbocycles. The molecule has 0 aliphatic heterocycles. The fourth-order valence-electron chi connectivity index (χ4n) is 1.71. The number of halogens is 2. The van der Waals surface area contributed by atoms with Gasteiger partial charge in [0, 0.05) is 23.7 Å². The Kier molecular flexibility index (Phi) is 10.3. The first kappa shape index (κ1) is 19.0. The van der Waals surface area contributed by atoms with Gasteiger partial charge < -0.3 is 15.4 Å². The van der Waals surface area contributed by atoms with E-state index < -0.39 is 0 Å². The summed E-state index contributed by atoms with van der Waals surface area (Å²) in [6.07, 6.45) is 1.37. The predicted molar refractivity (Wildman–Crippen MR) is 85.1 cm³/mol. The minimum atomic E-state index is -0.0288. The smallest absolute Gasteiger partial charge is 0.224 e. The number of benzene rings is 1. The molecule has 2 N–H and O–H groups in total. The summed E-state index contributed by atoms with van der Waals surface area (Å²) in [7, 11) is 1.58. The molecule has 4 nitrogen and oxygen atoms in total. The molecular formula is C14H22Cl2N2O2. The van der Waals surface area contributed by atoms with Crippen LogP contribution in [0.3, 0.4) is 0 Å². The van der Waals surface area contributed by atoms with Crippen LogP contribution in [0.1, 0.15) is 18.9 Å². The molecule has 0 atom stereocenters. The molecule has 1 amide bonds. The zero-order valence-electron chi connectivity index (χ0n) is 11.9. The Morgan fingerprint density at radius 2 is 2.05 bits per heavy atom. The van der Waals surface area contributed by atoms with Gasteiger partial charge in [-0.2, -0.15) is 0 Å². The molecule has 0 saturated heterocycles. The number of carbonyl (C=O) groups is 1. The zero-order chi connectivity index (χ0) is 14.1. The van der Waals surface area contributed by atoms with Crippen molar-refractivity contribution in [1.82, 2.24) is 10.6 Å². The van der Waals surface area contributed by atoms with Crippen molar-refractivity contribution in [2.45, 2.75) is 19.8 Å². The molecule has 0 aliphatic rings. The van der Waals surface area contributed by atoms with Gasteiger partial charge in [-0.15, -0.1) is 12.4 Å². The van der Waals surface area contributed by atoms with E-state index in [2.05, 4.69) is 17.6 Å². The summed E-state index contributed by atoms with van der Waals surface area (Å²) in [6.45, 7) is 4.49. The molecule has 0 heterocycles. The Morgan fingerprint density at radius 1 is 1.30 bits per heavy atom. The molecule has 0 aromatic heterocycles. The van der Waals surface area contributed by atoms with E-state index in [4.69, 9.17) is 16.3 Å². The quantitative estimate of drug-likeness (QED) is 0.723. The van der Waals surface area contributed by atoms with Crippen LogP contribution in [0.5, 0.6) is 5.75 Å². The summed E-state index contributed by atoms with van der Waals surface area (Å²) in [5.74, 6) is 0.655. The molecule has 1 aromatic rings. The molecule has 1 rings (SSSR count). The van der Waals surface area contributed by atoms with Gasteiger partial charge >= 0.3 is 0 Å². The standard InChI is InChI=1S/C14H21ClN2O2.ClH/c1-3-6-16-7-8-17-14(18)10-11-9-12(15)4-5-13(11)19-2;/h4-5,9,16H,3,6-8,10H2,1-2H3,(H,17,18);1H. The van der Waals surface area contributed by atoms with Gasteiger partial charge in [0.2, 0.25) is 5.91 Å². The van der Waals surface area contributed by atoms with Gasteiger partial charge in [-0.25, -0.2) is 0 Å². The molecule has 0 spiro atoms. The molecule has 0 unspecified atom stereocenters. The van der Waals surface area contributed by atoms with Crippen molar-refractivity contribution >= 4 is 29.9 Å². The van der Waals surface area contributed by atoms with Gasteiger partial charge in [0.15, 0.2) is 0 Å². The third-order valence-corrected chi connectivity index (χ3v) is 2.88. The van der Waals surface area contributed by atoms with E-state index in [0.717, 1.165) is 25.1 Å². The average Bonchev–Trinajstić information content (AvgIpc) is 2.39. The summed E-state index contributed by atoms with van der Waals surface area (Å²) >= 11 is 5.92. The number of methoxy groups -OCH3 is 1. The Bertz CT molecular complexity index is 414. The van der Waals surface area contributed by atoms with E-state index in [0.29, 0.717) is 17.3 Å². The Balaban J connectivity index is 0.00000361. The maximum Gasteiger partial charge on any atom is 0.224 e. The third-order valence-electron chi connectivity index (χ3n) is 2.64. The number of ether oxygens (including phenoxy) is 1. The lowest BCUT2D eigenvalue weighted by Crippen LogP contribution is -2.33. The first-order chi connectivity index (χ1) is 9.17. The van der Waals surface area contributed by atoms with Crippen LogP contribution in [-0.4, -0.2) is 32.7 Å². The highest BCUT2D eigenvalue weighted by Crippen LogP contribution is 2.22. The van der Waals surface area contributed by atoms with Crippen LogP contribution in [0.25, 0.3) is 0 Å². The monoisotopic (exact) mass is 320 g/mol. The fourth-order valence-corrected chi connectivity index (χ4v) is 1.91. The van der Waals surface area contributed by atoms with E-state index in [1.807, 2.05) is 0 Å². The second-order valence-corrected chi connectivity index (χ2v) is 4.67. The van der Waals surface area contributed by atoms with Crippen molar-refractivity contribution in [2.75, 3.05) is 26.7 Å². The van der Waals surface area contributed by atoms with Crippen LogP contribution in [-0.2, 0) is 11.2 Å². The second-order valence-electron chi connectivity index (χ2n) is 4.23. The maximum absolute atomic E-state index is 11.8. The lowest BCUT2D eigenvalue weighted by atomic mass is 10.1. The number of rotatable bonds is 8. The van der Waals surface area contributed by atoms with Gasteiger partial charge in [0.25, 0.3) is 0 Å². The molecular weight excluding hydrogens is 299 g/mol. The molecule has 6 heteroatoms. The van der Waals surface area contributed by atoms with Gasteiger partial charge in [-0.3, -0.25) is 4.79 Å². The van der Waals surface area contributed by atoms with E-state index in [9.17, 15) is 4.79 Å². The summed E-state index contributed by atoms with van der Waals surface area (Å²) in [5.41, 5.74) is 0.800. The first-order valence-electron chi connectivity index (χ1n) is 6.47. The normalized spacial score (nSPS) is 9.75. The minimum Gasteiger partial charge on any atom is -0.496 e. The van der Waals surface area contributed by atoms with Gasteiger partial charge in [0.1, 0.15) is 5.75 Å². The van der Waals surface area contributed by atoms with Crippen molar-refractivity contribution in [1.29, 1.82) is 0 Å². The number of amides is 1.